The third kappa shape index (κ3) is 2.66. The monoisotopic (exact) mass is 486 g/mol. The van der Waals surface area contributed by atoms with Gasteiger partial charge in [0.1, 0.15) is 0 Å². The maximum atomic E-state index is 8.87. The number of hydrogen-bond acceptors (Lipinski definition) is 1. The van der Waals surface area contributed by atoms with Crippen LogP contribution >= 0.6 is 67.8 Å². The van der Waals surface area contributed by atoms with E-state index in [-0.39, 0.29) is 6.61 Å². The van der Waals surface area contributed by atoms with Gasteiger partial charge >= 0.3 is 0 Å². The molecule has 0 aliphatic carbocycles. The second-order valence-electron chi connectivity index (χ2n) is 2.03. The number of rotatable bonds is 1. The fourth-order valence-corrected chi connectivity index (χ4v) is 2.91. The first-order valence-electron chi connectivity index (χ1n) is 2.89. The average molecular weight is 486 g/mol. The third-order valence-electron chi connectivity index (χ3n) is 1.23. The van der Waals surface area contributed by atoms with Crippen LogP contribution in [0.15, 0.2) is 12.1 Å². The lowest BCUT2D eigenvalue weighted by molar-refractivity contribution is 0.281. The molecule has 60 valence electrons. The third-order valence-corrected chi connectivity index (χ3v) is 6.15. The normalized spacial score (nSPS) is 10.2. The van der Waals surface area contributed by atoms with Gasteiger partial charge in [-0.2, -0.15) is 0 Å². The highest BCUT2D eigenvalue weighted by molar-refractivity contribution is 14.1. The standard InChI is InChI=1S/C7H5I3O/c8-5-1-4(3-11)2-6(9)7(5)10/h1-2,11H,3H2. The van der Waals surface area contributed by atoms with E-state index in [1.54, 1.807) is 0 Å². The summed E-state index contributed by atoms with van der Waals surface area (Å²) in [4.78, 5) is 0. The fraction of sp³-hybridized carbons (Fsp3) is 0.143. The molecule has 0 aliphatic rings. The number of aliphatic hydroxyl groups is 1. The van der Waals surface area contributed by atoms with Gasteiger partial charge in [0.25, 0.3) is 0 Å². The Bertz CT molecular complexity index is 249. The fourth-order valence-electron chi connectivity index (χ4n) is 0.699. The number of benzene rings is 1. The first-order valence-corrected chi connectivity index (χ1v) is 6.13. The van der Waals surface area contributed by atoms with Crippen molar-refractivity contribution in [3.8, 4) is 0 Å². The van der Waals surface area contributed by atoms with E-state index in [9.17, 15) is 0 Å². The smallest absolute Gasteiger partial charge is 0.0682 e. The van der Waals surface area contributed by atoms with Gasteiger partial charge in [-0.3, -0.25) is 0 Å². The summed E-state index contributed by atoms with van der Waals surface area (Å²) in [7, 11) is 0. The minimum absolute atomic E-state index is 0.128. The van der Waals surface area contributed by atoms with Crippen molar-refractivity contribution < 1.29 is 5.11 Å². The Morgan fingerprint density at radius 3 is 1.91 bits per heavy atom. The van der Waals surface area contributed by atoms with Crippen LogP contribution in [0.5, 0.6) is 0 Å². The molecule has 1 rings (SSSR count). The van der Waals surface area contributed by atoms with Crippen molar-refractivity contribution in [3.63, 3.8) is 0 Å². The zero-order valence-electron chi connectivity index (χ0n) is 5.44. The molecular formula is C7H5I3O. The summed E-state index contributed by atoms with van der Waals surface area (Å²) in [5.74, 6) is 0. The van der Waals surface area contributed by atoms with Crippen LogP contribution in [0, 0.1) is 10.7 Å². The zero-order valence-corrected chi connectivity index (χ0v) is 11.9. The Balaban J connectivity index is 3.21. The van der Waals surface area contributed by atoms with E-state index in [1.807, 2.05) is 12.1 Å². The van der Waals surface area contributed by atoms with Crippen molar-refractivity contribution in [2.75, 3.05) is 0 Å². The molecule has 1 aromatic carbocycles. The summed E-state index contributed by atoms with van der Waals surface area (Å²) < 4.78 is 3.68. The maximum Gasteiger partial charge on any atom is 0.0682 e. The van der Waals surface area contributed by atoms with E-state index in [4.69, 9.17) is 5.11 Å². The first-order chi connectivity index (χ1) is 5.15. The van der Waals surface area contributed by atoms with Gasteiger partial charge in [0, 0.05) is 10.7 Å². The summed E-state index contributed by atoms with van der Waals surface area (Å²) in [5, 5.41) is 8.87. The van der Waals surface area contributed by atoms with Crippen LogP contribution in [0.4, 0.5) is 0 Å². The molecule has 1 N–H and O–H groups in total. The molecule has 0 atom stereocenters. The molecule has 0 amide bonds. The van der Waals surface area contributed by atoms with Crippen molar-refractivity contribution in [2.24, 2.45) is 0 Å². The Morgan fingerprint density at radius 2 is 1.55 bits per heavy atom. The van der Waals surface area contributed by atoms with Crippen LogP contribution in [0.3, 0.4) is 0 Å². The van der Waals surface area contributed by atoms with Crippen molar-refractivity contribution in [1.29, 1.82) is 0 Å². The van der Waals surface area contributed by atoms with Gasteiger partial charge in [-0.1, -0.05) is 0 Å². The molecule has 0 bridgehead atoms. The molecule has 0 aliphatic heterocycles. The predicted octanol–water partition coefficient (Wildman–Crippen LogP) is 2.99. The van der Waals surface area contributed by atoms with Gasteiger partial charge in [0.2, 0.25) is 0 Å². The van der Waals surface area contributed by atoms with E-state index in [2.05, 4.69) is 67.8 Å². The molecule has 0 saturated carbocycles. The second-order valence-corrected chi connectivity index (χ2v) is 5.43. The van der Waals surface area contributed by atoms with Gasteiger partial charge in [-0.05, 0) is 85.5 Å². The SMILES string of the molecule is OCc1cc(I)c(I)c(I)c1. The minimum Gasteiger partial charge on any atom is -0.392 e. The summed E-state index contributed by atoms with van der Waals surface area (Å²) in [6.07, 6.45) is 0. The molecule has 1 nitrogen and oxygen atoms in total. The molecule has 0 saturated heterocycles. The minimum atomic E-state index is 0.128. The van der Waals surface area contributed by atoms with Crippen LogP contribution in [0.2, 0.25) is 0 Å². The van der Waals surface area contributed by atoms with Gasteiger partial charge in [-0.15, -0.1) is 0 Å². The lowest BCUT2D eigenvalue weighted by Crippen LogP contribution is -1.90. The molecule has 0 aromatic heterocycles. The molecular weight excluding hydrogens is 481 g/mol. The van der Waals surface area contributed by atoms with Crippen molar-refractivity contribution in [2.45, 2.75) is 6.61 Å². The highest BCUT2D eigenvalue weighted by atomic mass is 127. The van der Waals surface area contributed by atoms with Gasteiger partial charge in [-0.25, -0.2) is 0 Å². The summed E-state index contributed by atoms with van der Waals surface area (Å²) in [6, 6.07) is 4.01. The number of hydrogen-bond donors (Lipinski definition) is 1. The lowest BCUT2D eigenvalue weighted by atomic mass is 10.2. The Morgan fingerprint density at radius 1 is 1.09 bits per heavy atom. The van der Waals surface area contributed by atoms with Crippen molar-refractivity contribution in [3.05, 3.63) is 28.4 Å². The Hall–Kier alpha value is 1.37. The van der Waals surface area contributed by atoms with Gasteiger partial charge in [0.05, 0.1) is 6.61 Å². The Kier molecular flexibility index (Phi) is 4.33. The Labute approximate surface area is 106 Å². The average Bonchev–Trinajstić information content (AvgIpc) is 1.99. The number of aliphatic hydroxyl groups excluding tert-OH is 1. The summed E-state index contributed by atoms with van der Waals surface area (Å²) in [5.41, 5.74) is 0.985. The predicted molar refractivity (Wildman–Crippen MR) is 70.5 cm³/mol. The molecule has 11 heavy (non-hydrogen) atoms. The highest BCUT2D eigenvalue weighted by Gasteiger charge is 2.02. The van der Waals surface area contributed by atoms with Crippen molar-refractivity contribution in [1.82, 2.24) is 0 Å². The van der Waals surface area contributed by atoms with Gasteiger partial charge < -0.3 is 5.11 Å². The van der Waals surface area contributed by atoms with Crippen LogP contribution in [0.25, 0.3) is 0 Å². The van der Waals surface area contributed by atoms with Crippen molar-refractivity contribution >= 4 is 67.8 Å². The molecule has 0 spiro atoms. The first kappa shape index (κ1) is 10.5. The molecule has 1 aromatic rings. The number of halogens is 3. The molecule has 0 radical (unpaired) electrons. The quantitative estimate of drug-likeness (QED) is 0.479. The molecule has 0 fully saturated rings. The molecule has 0 unspecified atom stereocenters. The largest absolute Gasteiger partial charge is 0.392 e. The second kappa shape index (κ2) is 4.56. The molecule has 0 heterocycles. The van der Waals surface area contributed by atoms with Crippen LogP contribution in [0.1, 0.15) is 5.56 Å². The van der Waals surface area contributed by atoms with Crippen LogP contribution in [-0.2, 0) is 6.61 Å². The van der Waals surface area contributed by atoms with Crippen LogP contribution < -0.4 is 0 Å². The summed E-state index contributed by atoms with van der Waals surface area (Å²) in [6.45, 7) is 0.128. The van der Waals surface area contributed by atoms with E-state index in [1.165, 1.54) is 10.7 Å². The van der Waals surface area contributed by atoms with E-state index < -0.39 is 0 Å². The highest BCUT2D eigenvalue weighted by Crippen LogP contribution is 2.22. The summed E-state index contributed by atoms with van der Waals surface area (Å²) >= 11 is 6.86. The van der Waals surface area contributed by atoms with Gasteiger partial charge in [0.15, 0.2) is 0 Å². The van der Waals surface area contributed by atoms with Crippen LogP contribution in [-0.4, -0.2) is 5.11 Å². The zero-order chi connectivity index (χ0) is 8.43. The van der Waals surface area contributed by atoms with E-state index in [0.29, 0.717) is 0 Å². The lowest BCUT2D eigenvalue weighted by Gasteiger charge is -2.02. The maximum absolute atomic E-state index is 8.87. The molecule has 4 heteroatoms. The van der Waals surface area contributed by atoms with E-state index in [0.717, 1.165) is 5.56 Å². The topological polar surface area (TPSA) is 20.2 Å². The van der Waals surface area contributed by atoms with E-state index >= 15 is 0 Å².